The van der Waals surface area contributed by atoms with Gasteiger partial charge in [0.05, 0.1) is 12.1 Å². The van der Waals surface area contributed by atoms with Crippen LogP contribution >= 0.6 is 0 Å². The van der Waals surface area contributed by atoms with Crippen LogP contribution in [0.3, 0.4) is 0 Å². The summed E-state index contributed by atoms with van der Waals surface area (Å²) in [5.41, 5.74) is 5.58. The Balaban J connectivity index is 4.02. The first-order valence-electron chi connectivity index (χ1n) is 4.78. The van der Waals surface area contributed by atoms with Crippen LogP contribution in [0, 0.1) is 12.3 Å². The van der Waals surface area contributed by atoms with E-state index in [9.17, 15) is 4.79 Å². The van der Waals surface area contributed by atoms with Gasteiger partial charge in [-0.1, -0.05) is 25.3 Å². The van der Waals surface area contributed by atoms with E-state index in [1.165, 1.54) is 0 Å². The Morgan fingerprint density at radius 1 is 1.79 bits per heavy atom. The van der Waals surface area contributed by atoms with Crippen molar-refractivity contribution >= 4 is 5.91 Å². The minimum atomic E-state index is -0.541. The van der Waals surface area contributed by atoms with Crippen molar-refractivity contribution in [2.45, 2.75) is 38.3 Å². The van der Waals surface area contributed by atoms with Crippen LogP contribution in [0.5, 0.6) is 0 Å². The Labute approximate surface area is 85.7 Å². The molecular weight excluding hydrogens is 176 g/mol. The van der Waals surface area contributed by atoms with E-state index < -0.39 is 6.04 Å². The summed E-state index contributed by atoms with van der Waals surface area (Å²) in [5, 5.41) is 2.70. The molecule has 0 saturated heterocycles. The highest BCUT2D eigenvalue weighted by molar-refractivity contribution is 5.82. The fourth-order valence-electron chi connectivity index (χ4n) is 1.05. The number of nitrogens with two attached hydrogens (primary N) is 1. The van der Waals surface area contributed by atoms with E-state index in [-0.39, 0.29) is 11.9 Å². The number of hydrogen-bond acceptors (Lipinski definition) is 2. The Bertz CT molecular complexity index is 230. The van der Waals surface area contributed by atoms with E-state index in [4.69, 9.17) is 12.2 Å². The molecule has 0 fully saturated rings. The lowest BCUT2D eigenvalue weighted by Gasteiger charge is -2.15. The Hall–Kier alpha value is -1.27. The first-order valence-corrected chi connectivity index (χ1v) is 4.78. The Kier molecular flexibility index (Phi) is 6.51. The zero-order valence-electron chi connectivity index (χ0n) is 8.62. The largest absolute Gasteiger partial charge is 0.341 e. The topological polar surface area (TPSA) is 55.1 Å². The highest BCUT2D eigenvalue weighted by Gasteiger charge is 2.14. The number of terminal acetylenes is 1. The van der Waals surface area contributed by atoms with Crippen LogP contribution in [-0.2, 0) is 4.79 Å². The number of nitrogens with one attached hydrogen (secondary N) is 1. The number of rotatable bonds is 6. The summed E-state index contributed by atoms with van der Waals surface area (Å²) in [5.74, 6) is 2.31. The molecule has 0 radical (unpaired) electrons. The van der Waals surface area contributed by atoms with Crippen LogP contribution in [0.2, 0.25) is 0 Å². The summed E-state index contributed by atoms with van der Waals surface area (Å²) in [7, 11) is 0. The zero-order chi connectivity index (χ0) is 11.0. The van der Waals surface area contributed by atoms with Gasteiger partial charge in [-0.25, -0.2) is 0 Å². The summed E-state index contributed by atoms with van der Waals surface area (Å²) in [6.07, 6.45) is 9.06. The van der Waals surface area contributed by atoms with Crippen molar-refractivity contribution in [2.24, 2.45) is 5.73 Å². The first-order chi connectivity index (χ1) is 6.65. The monoisotopic (exact) mass is 194 g/mol. The van der Waals surface area contributed by atoms with Crippen LogP contribution < -0.4 is 11.1 Å². The van der Waals surface area contributed by atoms with Crippen LogP contribution in [0.25, 0.3) is 0 Å². The molecule has 0 aromatic carbocycles. The summed E-state index contributed by atoms with van der Waals surface area (Å²) < 4.78 is 0. The van der Waals surface area contributed by atoms with Crippen LogP contribution in [0.1, 0.15) is 26.2 Å². The van der Waals surface area contributed by atoms with Crippen molar-refractivity contribution in [1.82, 2.24) is 5.32 Å². The van der Waals surface area contributed by atoms with Gasteiger partial charge in [0, 0.05) is 0 Å². The molecule has 78 valence electrons. The van der Waals surface area contributed by atoms with Gasteiger partial charge in [0.15, 0.2) is 0 Å². The molecular formula is C11H18N2O. The molecule has 14 heavy (non-hydrogen) atoms. The zero-order valence-corrected chi connectivity index (χ0v) is 8.62. The van der Waals surface area contributed by atoms with Gasteiger partial charge in [-0.05, 0) is 12.8 Å². The van der Waals surface area contributed by atoms with E-state index >= 15 is 0 Å². The van der Waals surface area contributed by atoms with E-state index in [1.807, 2.05) is 6.92 Å². The van der Waals surface area contributed by atoms with Gasteiger partial charge in [-0.3, -0.25) is 4.79 Å². The van der Waals surface area contributed by atoms with Crippen molar-refractivity contribution < 1.29 is 4.79 Å². The summed E-state index contributed by atoms with van der Waals surface area (Å²) in [4.78, 5) is 11.4. The highest BCUT2D eigenvalue weighted by Crippen LogP contribution is 1.96. The molecule has 0 aliphatic carbocycles. The molecule has 0 aliphatic heterocycles. The maximum Gasteiger partial charge on any atom is 0.238 e. The number of amides is 1. The van der Waals surface area contributed by atoms with Crippen molar-refractivity contribution in [3.8, 4) is 12.3 Å². The van der Waals surface area contributed by atoms with Crippen LogP contribution in [-0.4, -0.2) is 18.0 Å². The lowest BCUT2D eigenvalue weighted by atomic mass is 10.1. The second-order valence-electron chi connectivity index (χ2n) is 3.15. The van der Waals surface area contributed by atoms with Gasteiger partial charge in [0.25, 0.3) is 0 Å². The van der Waals surface area contributed by atoms with Crippen LogP contribution in [0.4, 0.5) is 0 Å². The normalized spacial score (nSPS) is 13.8. The van der Waals surface area contributed by atoms with E-state index in [2.05, 4.69) is 17.8 Å². The molecule has 3 N–H and O–H groups in total. The minimum Gasteiger partial charge on any atom is -0.341 e. The maximum absolute atomic E-state index is 11.4. The Morgan fingerprint density at radius 3 is 2.86 bits per heavy atom. The third-order valence-corrected chi connectivity index (χ3v) is 1.85. The lowest BCUT2D eigenvalue weighted by Crippen LogP contribution is -2.44. The number of carbonyl (C=O) groups is 1. The maximum atomic E-state index is 11.4. The van der Waals surface area contributed by atoms with E-state index in [1.54, 1.807) is 6.08 Å². The van der Waals surface area contributed by atoms with Gasteiger partial charge in [0.1, 0.15) is 0 Å². The molecule has 0 bridgehead atoms. The third-order valence-electron chi connectivity index (χ3n) is 1.85. The van der Waals surface area contributed by atoms with Gasteiger partial charge in [-0.2, -0.15) is 0 Å². The fourth-order valence-corrected chi connectivity index (χ4v) is 1.05. The predicted molar refractivity (Wildman–Crippen MR) is 58.5 cm³/mol. The summed E-state index contributed by atoms with van der Waals surface area (Å²) >= 11 is 0. The molecule has 0 heterocycles. The molecule has 3 heteroatoms. The van der Waals surface area contributed by atoms with E-state index in [0.717, 1.165) is 12.8 Å². The van der Waals surface area contributed by atoms with Gasteiger partial charge in [-0.15, -0.1) is 13.0 Å². The summed E-state index contributed by atoms with van der Waals surface area (Å²) in [6.45, 7) is 5.53. The quantitative estimate of drug-likeness (QED) is 0.485. The average molecular weight is 194 g/mol. The molecule has 1 amide bonds. The van der Waals surface area contributed by atoms with Crippen molar-refractivity contribution in [3.63, 3.8) is 0 Å². The highest BCUT2D eigenvalue weighted by atomic mass is 16.2. The lowest BCUT2D eigenvalue weighted by molar-refractivity contribution is -0.122. The standard InChI is InChI=1S/C11H18N2O/c1-4-7-9(6-3)13-11(14)10(12)8-5-2/h3,5,9-10H,2,4,7-8,12H2,1H3,(H,13,14). The second kappa shape index (κ2) is 7.16. The summed E-state index contributed by atoms with van der Waals surface area (Å²) in [6, 6.07) is -0.747. The minimum absolute atomic E-state index is 0.205. The average Bonchev–Trinajstić information content (AvgIpc) is 2.17. The SMILES string of the molecule is C#CC(CCC)NC(=O)C(N)CC=C. The molecule has 2 unspecified atom stereocenters. The molecule has 0 aliphatic rings. The van der Waals surface area contributed by atoms with Crippen LogP contribution in [0.15, 0.2) is 12.7 Å². The molecule has 0 aromatic rings. The second-order valence-corrected chi connectivity index (χ2v) is 3.15. The van der Waals surface area contributed by atoms with E-state index in [0.29, 0.717) is 6.42 Å². The van der Waals surface area contributed by atoms with Gasteiger partial charge < -0.3 is 11.1 Å². The first kappa shape index (κ1) is 12.7. The molecule has 0 aromatic heterocycles. The third kappa shape index (κ3) is 4.68. The predicted octanol–water partition coefficient (Wildman–Crippen LogP) is 0.808. The molecule has 2 atom stereocenters. The number of hydrogen-bond donors (Lipinski definition) is 2. The molecule has 0 spiro atoms. The fraction of sp³-hybridized carbons (Fsp3) is 0.545. The van der Waals surface area contributed by atoms with Crippen molar-refractivity contribution in [2.75, 3.05) is 0 Å². The number of carbonyl (C=O) groups excluding carboxylic acids is 1. The van der Waals surface area contributed by atoms with Crippen molar-refractivity contribution in [1.29, 1.82) is 0 Å². The van der Waals surface area contributed by atoms with Gasteiger partial charge in [0.2, 0.25) is 5.91 Å². The van der Waals surface area contributed by atoms with Gasteiger partial charge >= 0.3 is 0 Å². The smallest absolute Gasteiger partial charge is 0.238 e. The van der Waals surface area contributed by atoms with Crippen molar-refractivity contribution in [3.05, 3.63) is 12.7 Å². The molecule has 0 saturated carbocycles. The molecule has 3 nitrogen and oxygen atoms in total. The Morgan fingerprint density at radius 2 is 2.43 bits per heavy atom. The molecule has 0 rings (SSSR count).